The minimum absolute atomic E-state index is 0.133. The van der Waals surface area contributed by atoms with Crippen LogP contribution in [0.4, 0.5) is 0 Å². The first-order valence-electron chi connectivity index (χ1n) is 7.64. The first kappa shape index (κ1) is 17.9. The summed E-state index contributed by atoms with van der Waals surface area (Å²) in [6.07, 6.45) is 10.6. The highest BCUT2D eigenvalue weighted by Crippen LogP contribution is 2.22. The minimum atomic E-state index is -0.570. The molecule has 18 heavy (non-hydrogen) atoms. The molecule has 110 valence electrons. The zero-order valence-electron chi connectivity index (χ0n) is 12.0. The Morgan fingerprint density at radius 2 is 1.44 bits per heavy atom. The lowest BCUT2D eigenvalue weighted by molar-refractivity contribution is 0.0703. The van der Waals surface area contributed by atoms with Crippen LogP contribution in [0.1, 0.15) is 71.1 Å². The molecule has 0 fully saturated rings. The van der Waals surface area contributed by atoms with Gasteiger partial charge in [0.05, 0.1) is 12.7 Å². The summed E-state index contributed by atoms with van der Waals surface area (Å²) in [5.74, 6) is 0.500. The van der Waals surface area contributed by atoms with Crippen molar-refractivity contribution in [2.45, 2.75) is 77.2 Å². The molecule has 0 aliphatic heterocycles. The molecular weight excluding hydrogens is 228 g/mol. The zero-order valence-corrected chi connectivity index (χ0v) is 12.0. The van der Waals surface area contributed by atoms with Crippen LogP contribution in [0.3, 0.4) is 0 Å². The summed E-state index contributed by atoms with van der Waals surface area (Å²) in [7, 11) is 0. The predicted molar refractivity (Wildman–Crippen MR) is 75.5 cm³/mol. The van der Waals surface area contributed by atoms with Crippen LogP contribution in [-0.4, -0.2) is 34.6 Å². The van der Waals surface area contributed by atoms with E-state index in [2.05, 4.69) is 6.92 Å². The van der Waals surface area contributed by atoms with E-state index in [0.717, 1.165) is 25.7 Å². The summed E-state index contributed by atoms with van der Waals surface area (Å²) < 4.78 is 0. The molecule has 0 bridgehead atoms. The highest BCUT2D eigenvalue weighted by Gasteiger charge is 2.13. The van der Waals surface area contributed by atoms with Crippen LogP contribution < -0.4 is 0 Å². The van der Waals surface area contributed by atoms with Gasteiger partial charge in [-0.15, -0.1) is 0 Å². The van der Waals surface area contributed by atoms with Crippen molar-refractivity contribution in [1.82, 2.24) is 0 Å². The van der Waals surface area contributed by atoms with Crippen molar-refractivity contribution in [1.29, 1.82) is 0 Å². The molecule has 0 aromatic carbocycles. The third-order valence-corrected chi connectivity index (χ3v) is 3.55. The van der Waals surface area contributed by atoms with Gasteiger partial charge < -0.3 is 15.3 Å². The molecule has 0 aromatic heterocycles. The molecule has 3 nitrogen and oxygen atoms in total. The van der Waals surface area contributed by atoms with Crippen molar-refractivity contribution in [2.24, 2.45) is 5.92 Å². The van der Waals surface area contributed by atoms with Crippen LogP contribution in [0.15, 0.2) is 0 Å². The SMILES string of the molecule is CCCCCCCC(CCCCO)CC(O)CO. The Balaban J connectivity index is 3.73. The highest BCUT2D eigenvalue weighted by molar-refractivity contribution is 4.65. The highest BCUT2D eigenvalue weighted by atomic mass is 16.3. The number of aliphatic hydroxyl groups excluding tert-OH is 3. The molecular formula is C15H32O3. The van der Waals surface area contributed by atoms with Gasteiger partial charge in [-0.2, -0.15) is 0 Å². The van der Waals surface area contributed by atoms with Gasteiger partial charge in [0.15, 0.2) is 0 Å². The Morgan fingerprint density at radius 3 is 2.00 bits per heavy atom. The Morgan fingerprint density at radius 1 is 0.833 bits per heavy atom. The van der Waals surface area contributed by atoms with Crippen molar-refractivity contribution in [3.8, 4) is 0 Å². The fourth-order valence-corrected chi connectivity index (χ4v) is 2.42. The molecule has 0 aromatic rings. The molecule has 0 aliphatic carbocycles. The smallest absolute Gasteiger partial charge is 0.0773 e. The normalized spacial score (nSPS) is 14.7. The van der Waals surface area contributed by atoms with Gasteiger partial charge in [0, 0.05) is 6.61 Å². The minimum Gasteiger partial charge on any atom is -0.396 e. The van der Waals surface area contributed by atoms with Crippen LogP contribution in [0.5, 0.6) is 0 Å². The molecule has 0 radical (unpaired) electrons. The number of hydrogen-bond donors (Lipinski definition) is 3. The molecule has 0 amide bonds. The van der Waals surface area contributed by atoms with Crippen molar-refractivity contribution >= 4 is 0 Å². The second kappa shape index (κ2) is 13.3. The van der Waals surface area contributed by atoms with Crippen molar-refractivity contribution in [2.75, 3.05) is 13.2 Å². The van der Waals surface area contributed by atoms with E-state index in [1.54, 1.807) is 0 Å². The Hall–Kier alpha value is -0.120. The van der Waals surface area contributed by atoms with E-state index in [9.17, 15) is 5.11 Å². The summed E-state index contributed by atoms with van der Waals surface area (Å²) in [5, 5.41) is 27.2. The predicted octanol–water partition coefficient (Wildman–Crippen LogP) is 2.87. The van der Waals surface area contributed by atoms with Crippen LogP contribution in [0.25, 0.3) is 0 Å². The summed E-state index contributed by atoms with van der Waals surface area (Å²) >= 11 is 0. The molecule has 2 unspecified atom stereocenters. The maximum Gasteiger partial charge on any atom is 0.0773 e. The van der Waals surface area contributed by atoms with Crippen molar-refractivity contribution < 1.29 is 15.3 Å². The quantitative estimate of drug-likeness (QED) is 0.446. The van der Waals surface area contributed by atoms with E-state index >= 15 is 0 Å². The fraction of sp³-hybridized carbons (Fsp3) is 1.00. The first-order valence-corrected chi connectivity index (χ1v) is 7.64. The Bertz CT molecular complexity index is 162. The second-order valence-corrected chi connectivity index (χ2v) is 5.36. The molecule has 0 saturated carbocycles. The summed E-state index contributed by atoms with van der Waals surface area (Å²) in [4.78, 5) is 0. The van der Waals surface area contributed by atoms with E-state index in [1.165, 1.54) is 32.1 Å². The lowest BCUT2D eigenvalue weighted by atomic mass is 9.90. The maximum atomic E-state index is 9.53. The van der Waals surface area contributed by atoms with Gasteiger partial charge in [-0.1, -0.05) is 58.3 Å². The number of aliphatic hydroxyl groups is 3. The van der Waals surface area contributed by atoms with E-state index in [4.69, 9.17) is 10.2 Å². The number of rotatable bonds is 13. The van der Waals surface area contributed by atoms with Gasteiger partial charge >= 0.3 is 0 Å². The summed E-state index contributed by atoms with van der Waals surface area (Å²) in [5.41, 5.74) is 0. The average Bonchev–Trinajstić information content (AvgIpc) is 2.38. The monoisotopic (exact) mass is 260 g/mol. The van der Waals surface area contributed by atoms with Crippen LogP contribution in [0.2, 0.25) is 0 Å². The second-order valence-electron chi connectivity index (χ2n) is 5.36. The van der Waals surface area contributed by atoms with E-state index in [0.29, 0.717) is 12.3 Å². The van der Waals surface area contributed by atoms with Gasteiger partial charge in [0.25, 0.3) is 0 Å². The third kappa shape index (κ3) is 11.0. The van der Waals surface area contributed by atoms with Crippen LogP contribution in [0, 0.1) is 5.92 Å². The zero-order chi connectivity index (χ0) is 13.6. The maximum absolute atomic E-state index is 9.53. The van der Waals surface area contributed by atoms with Gasteiger partial charge in [-0.05, 0) is 18.8 Å². The number of unbranched alkanes of at least 4 members (excludes halogenated alkanes) is 5. The van der Waals surface area contributed by atoms with Crippen LogP contribution >= 0.6 is 0 Å². The molecule has 2 atom stereocenters. The molecule has 0 spiro atoms. The first-order chi connectivity index (χ1) is 8.74. The fourth-order valence-electron chi connectivity index (χ4n) is 2.42. The topological polar surface area (TPSA) is 60.7 Å². The van der Waals surface area contributed by atoms with E-state index in [-0.39, 0.29) is 13.2 Å². The summed E-state index contributed by atoms with van der Waals surface area (Å²) in [6, 6.07) is 0. The summed E-state index contributed by atoms with van der Waals surface area (Å²) in [6.45, 7) is 2.34. The number of hydrogen-bond acceptors (Lipinski definition) is 3. The van der Waals surface area contributed by atoms with Gasteiger partial charge in [0.1, 0.15) is 0 Å². The molecule has 3 heteroatoms. The van der Waals surface area contributed by atoms with Crippen LogP contribution in [-0.2, 0) is 0 Å². The Labute approximate surface area is 112 Å². The molecule has 3 N–H and O–H groups in total. The van der Waals surface area contributed by atoms with Crippen molar-refractivity contribution in [3.05, 3.63) is 0 Å². The largest absolute Gasteiger partial charge is 0.396 e. The molecule has 0 aliphatic rings. The average molecular weight is 260 g/mol. The Kier molecular flexibility index (Phi) is 13.2. The molecule has 0 saturated heterocycles. The standard InChI is InChI=1S/C15H32O3/c1-2-3-4-5-6-9-14(10-7-8-11-16)12-15(18)13-17/h14-18H,2-13H2,1H3. The lowest BCUT2D eigenvalue weighted by Crippen LogP contribution is -2.17. The van der Waals surface area contributed by atoms with Gasteiger partial charge in [0.2, 0.25) is 0 Å². The molecule has 0 heterocycles. The third-order valence-electron chi connectivity index (χ3n) is 3.55. The lowest BCUT2D eigenvalue weighted by Gasteiger charge is -2.19. The van der Waals surface area contributed by atoms with E-state index < -0.39 is 6.10 Å². The molecule has 0 rings (SSSR count). The van der Waals surface area contributed by atoms with Gasteiger partial charge in [-0.25, -0.2) is 0 Å². The van der Waals surface area contributed by atoms with Crippen molar-refractivity contribution in [3.63, 3.8) is 0 Å². The van der Waals surface area contributed by atoms with E-state index in [1.807, 2.05) is 0 Å². The van der Waals surface area contributed by atoms with Gasteiger partial charge in [-0.3, -0.25) is 0 Å².